The molecule has 1 unspecified atom stereocenters. The van der Waals surface area contributed by atoms with Crippen molar-refractivity contribution in [2.75, 3.05) is 6.54 Å². The molecule has 0 aromatic heterocycles. The van der Waals surface area contributed by atoms with E-state index in [2.05, 4.69) is 17.2 Å². The van der Waals surface area contributed by atoms with Crippen LogP contribution in [0.25, 0.3) is 0 Å². The van der Waals surface area contributed by atoms with Crippen LogP contribution >= 0.6 is 0 Å². The Morgan fingerprint density at radius 1 is 1.58 bits per heavy atom. The highest BCUT2D eigenvalue weighted by molar-refractivity contribution is 5.66. The molecule has 0 saturated heterocycles. The molecule has 3 heteroatoms. The Labute approximate surface area is 72.2 Å². The maximum absolute atomic E-state index is 10.2. The fraction of sp³-hybridized carbons (Fsp3) is 0.667. The first kappa shape index (κ1) is 9.08. The minimum Gasteiger partial charge on any atom is -0.481 e. The second-order valence-electron chi connectivity index (χ2n) is 2.89. The molecule has 1 atom stereocenters. The summed E-state index contributed by atoms with van der Waals surface area (Å²) in [5.74, 6) is 5.27. The highest BCUT2D eigenvalue weighted by Gasteiger charge is 2.08. The predicted molar refractivity (Wildman–Crippen MR) is 45.7 cm³/mol. The predicted octanol–water partition coefficient (Wildman–Crippen LogP) is 0.607. The lowest BCUT2D eigenvalue weighted by atomic mass is 10.0. The van der Waals surface area contributed by atoms with E-state index in [1.807, 2.05) is 0 Å². The molecule has 0 spiro atoms. The van der Waals surface area contributed by atoms with Crippen LogP contribution in [-0.2, 0) is 4.79 Å². The molecule has 0 radical (unpaired) electrons. The minimum absolute atomic E-state index is 0.198. The summed E-state index contributed by atoms with van der Waals surface area (Å²) in [6.45, 7) is 0.557. The van der Waals surface area contributed by atoms with Crippen molar-refractivity contribution in [3.8, 4) is 11.8 Å². The zero-order chi connectivity index (χ0) is 8.81. The lowest BCUT2D eigenvalue weighted by Crippen LogP contribution is -2.31. The maximum Gasteiger partial charge on any atom is 0.304 e. The SMILES string of the molecule is O=C(O)CCNC1CC#CCC1. The molecule has 0 fully saturated rings. The van der Waals surface area contributed by atoms with Crippen LogP contribution < -0.4 is 5.32 Å². The second kappa shape index (κ2) is 4.78. The number of hydrogen-bond donors (Lipinski definition) is 2. The fourth-order valence-electron chi connectivity index (χ4n) is 1.19. The van der Waals surface area contributed by atoms with Crippen molar-refractivity contribution >= 4 is 5.97 Å². The van der Waals surface area contributed by atoms with Crippen LogP contribution in [-0.4, -0.2) is 23.7 Å². The topological polar surface area (TPSA) is 49.3 Å². The normalized spacial score (nSPS) is 21.2. The van der Waals surface area contributed by atoms with Gasteiger partial charge in [-0.2, -0.15) is 0 Å². The number of nitrogens with one attached hydrogen (secondary N) is 1. The van der Waals surface area contributed by atoms with Crippen LogP contribution in [0, 0.1) is 11.8 Å². The Morgan fingerprint density at radius 3 is 3.00 bits per heavy atom. The van der Waals surface area contributed by atoms with Gasteiger partial charge in [0.15, 0.2) is 0 Å². The smallest absolute Gasteiger partial charge is 0.304 e. The molecule has 0 bridgehead atoms. The zero-order valence-corrected chi connectivity index (χ0v) is 6.97. The van der Waals surface area contributed by atoms with Gasteiger partial charge in [0.25, 0.3) is 0 Å². The van der Waals surface area contributed by atoms with E-state index in [4.69, 9.17) is 5.11 Å². The average molecular weight is 167 g/mol. The first-order valence-corrected chi connectivity index (χ1v) is 4.20. The molecule has 3 nitrogen and oxygen atoms in total. The van der Waals surface area contributed by atoms with Gasteiger partial charge in [-0.3, -0.25) is 4.79 Å². The van der Waals surface area contributed by atoms with Crippen molar-refractivity contribution in [2.24, 2.45) is 0 Å². The van der Waals surface area contributed by atoms with Crippen LogP contribution in [0.3, 0.4) is 0 Å². The zero-order valence-electron chi connectivity index (χ0n) is 6.97. The van der Waals surface area contributed by atoms with E-state index in [9.17, 15) is 4.79 Å². The highest BCUT2D eigenvalue weighted by Crippen LogP contribution is 2.04. The minimum atomic E-state index is -0.746. The number of aliphatic carboxylic acids is 1. The molecule has 0 heterocycles. The van der Waals surface area contributed by atoms with Gasteiger partial charge in [0, 0.05) is 25.4 Å². The lowest BCUT2D eigenvalue weighted by molar-refractivity contribution is -0.136. The molecule has 0 saturated carbocycles. The largest absolute Gasteiger partial charge is 0.481 e. The van der Waals surface area contributed by atoms with E-state index in [-0.39, 0.29) is 6.42 Å². The summed E-state index contributed by atoms with van der Waals surface area (Å²) in [4.78, 5) is 10.2. The molecule has 2 N–H and O–H groups in total. The number of hydrogen-bond acceptors (Lipinski definition) is 2. The second-order valence-corrected chi connectivity index (χ2v) is 2.89. The van der Waals surface area contributed by atoms with E-state index in [1.165, 1.54) is 0 Å². The Bertz CT molecular complexity index is 214. The van der Waals surface area contributed by atoms with Crippen LogP contribution in [0.2, 0.25) is 0 Å². The van der Waals surface area contributed by atoms with Crippen molar-refractivity contribution in [3.63, 3.8) is 0 Å². The average Bonchev–Trinajstić information content (AvgIpc) is 2.05. The number of rotatable bonds is 4. The van der Waals surface area contributed by atoms with E-state index in [0.29, 0.717) is 12.6 Å². The Balaban J connectivity index is 2.08. The van der Waals surface area contributed by atoms with E-state index in [0.717, 1.165) is 19.3 Å². The number of carbonyl (C=O) groups is 1. The Morgan fingerprint density at radius 2 is 2.42 bits per heavy atom. The van der Waals surface area contributed by atoms with Crippen molar-refractivity contribution in [1.29, 1.82) is 0 Å². The third-order valence-electron chi connectivity index (χ3n) is 1.86. The van der Waals surface area contributed by atoms with Crippen LogP contribution in [0.1, 0.15) is 25.7 Å². The van der Waals surface area contributed by atoms with Gasteiger partial charge in [-0.05, 0) is 6.42 Å². The van der Waals surface area contributed by atoms with Gasteiger partial charge >= 0.3 is 5.97 Å². The van der Waals surface area contributed by atoms with Gasteiger partial charge < -0.3 is 10.4 Å². The highest BCUT2D eigenvalue weighted by atomic mass is 16.4. The summed E-state index contributed by atoms with van der Waals surface area (Å²) < 4.78 is 0. The third kappa shape index (κ3) is 3.40. The standard InChI is InChI=1S/C9H13NO2/c11-9(12)6-7-10-8-4-2-1-3-5-8/h8,10H,2,4-7H2,(H,11,12). The maximum atomic E-state index is 10.2. The van der Waals surface area contributed by atoms with Gasteiger partial charge in [0.1, 0.15) is 0 Å². The quantitative estimate of drug-likeness (QED) is 0.603. The summed E-state index contributed by atoms with van der Waals surface area (Å²) in [6.07, 6.45) is 3.04. The monoisotopic (exact) mass is 167 g/mol. The number of carboxylic acid groups (broad SMARTS) is 1. The van der Waals surface area contributed by atoms with Gasteiger partial charge in [-0.25, -0.2) is 0 Å². The van der Waals surface area contributed by atoms with Gasteiger partial charge in [0.2, 0.25) is 0 Å². The molecule has 1 aliphatic carbocycles. The summed E-state index contributed by atoms with van der Waals surface area (Å²) in [6, 6.07) is 0.408. The summed E-state index contributed by atoms with van der Waals surface area (Å²) >= 11 is 0. The van der Waals surface area contributed by atoms with E-state index >= 15 is 0 Å². The fourth-order valence-corrected chi connectivity index (χ4v) is 1.19. The van der Waals surface area contributed by atoms with Gasteiger partial charge in [-0.15, -0.1) is 11.8 Å². The van der Waals surface area contributed by atoms with Crippen molar-refractivity contribution in [2.45, 2.75) is 31.7 Å². The molecule has 12 heavy (non-hydrogen) atoms. The van der Waals surface area contributed by atoms with Crippen LogP contribution in [0.5, 0.6) is 0 Å². The lowest BCUT2D eigenvalue weighted by Gasteiger charge is -2.16. The van der Waals surface area contributed by atoms with E-state index in [1.54, 1.807) is 0 Å². The molecule has 0 aromatic carbocycles. The van der Waals surface area contributed by atoms with Crippen LogP contribution in [0.15, 0.2) is 0 Å². The number of carboxylic acids is 1. The Kier molecular flexibility index (Phi) is 3.62. The van der Waals surface area contributed by atoms with Crippen LogP contribution in [0.4, 0.5) is 0 Å². The molecule has 1 rings (SSSR count). The summed E-state index contributed by atoms with van der Waals surface area (Å²) in [7, 11) is 0. The molecule has 0 aromatic rings. The molecular formula is C9H13NO2. The van der Waals surface area contributed by atoms with Crippen molar-refractivity contribution in [3.05, 3.63) is 0 Å². The van der Waals surface area contributed by atoms with Gasteiger partial charge in [-0.1, -0.05) is 0 Å². The first-order valence-electron chi connectivity index (χ1n) is 4.20. The molecule has 66 valence electrons. The third-order valence-corrected chi connectivity index (χ3v) is 1.86. The summed E-state index contributed by atoms with van der Waals surface area (Å²) in [5, 5.41) is 11.5. The summed E-state index contributed by atoms with van der Waals surface area (Å²) in [5.41, 5.74) is 0. The van der Waals surface area contributed by atoms with Crippen molar-refractivity contribution in [1.82, 2.24) is 5.32 Å². The molecular weight excluding hydrogens is 154 g/mol. The molecule has 0 amide bonds. The van der Waals surface area contributed by atoms with Gasteiger partial charge in [0.05, 0.1) is 6.42 Å². The van der Waals surface area contributed by atoms with E-state index < -0.39 is 5.97 Å². The molecule has 1 aliphatic rings. The first-order chi connectivity index (χ1) is 5.79. The Hall–Kier alpha value is -1.01. The molecule has 0 aliphatic heterocycles. The van der Waals surface area contributed by atoms with Crippen molar-refractivity contribution < 1.29 is 9.90 Å².